The minimum atomic E-state index is -0.102. The first-order chi connectivity index (χ1) is 10.0. The van der Waals surface area contributed by atoms with Crippen LogP contribution in [0, 0.1) is 0 Å². The molecule has 0 saturated carbocycles. The maximum Gasteiger partial charge on any atom is 0.0453 e. The average Bonchev–Trinajstić information content (AvgIpc) is 2.49. The van der Waals surface area contributed by atoms with Gasteiger partial charge in [-0.3, -0.25) is 0 Å². The van der Waals surface area contributed by atoms with Crippen molar-refractivity contribution in [1.29, 1.82) is 0 Å². The van der Waals surface area contributed by atoms with Crippen LogP contribution in [0.1, 0.15) is 11.1 Å². The van der Waals surface area contributed by atoms with Gasteiger partial charge in [-0.1, -0.05) is 89.2 Å². The molecule has 0 saturated heterocycles. The van der Waals surface area contributed by atoms with Gasteiger partial charge in [-0.2, -0.15) is 0 Å². The molecule has 0 atom stereocenters. The Bertz CT molecular complexity index is 587. The van der Waals surface area contributed by atoms with Crippen molar-refractivity contribution in [3.05, 3.63) is 68.1 Å². The molecule has 0 aliphatic heterocycles. The highest BCUT2D eigenvalue weighted by Crippen LogP contribution is 2.37. The summed E-state index contributed by atoms with van der Waals surface area (Å²) >= 11 is 23.5. The van der Waals surface area contributed by atoms with Crippen molar-refractivity contribution in [2.24, 2.45) is 0 Å². The lowest BCUT2D eigenvalue weighted by molar-refractivity contribution is 0.551. The van der Waals surface area contributed by atoms with E-state index in [1.807, 2.05) is 18.2 Å². The predicted octanol–water partition coefficient (Wildman–Crippen LogP) is 7.03. The lowest BCUT2D eigenvalue weighted by atomic mass is 9.79. The first-order valence-electron chi connectivity index (χ1n) is 6.33. The van der Waals surface area contributed by atoms with Crippen LogP contribution in [0.4, 0.5) is 0 Å². The second kappa shape index (κ2) is 7.83. The molecule has 0 aliphatic rings. The Morgan fingerprint density at radius 3 is 1.86 bits per heavy atom. The Kier molecular flexibility index (Phi) is 6.64. The second-order valence-corrected chi connectivity index (χ2v) is 7.78. The summed E-state index contributed by atoms with van der Waals surface area (Å²) in [5.74, 6) is 0. The summed E-state index contributed by atoms with van der Waals surface area (Å²) in [5, 5.41) is 3.06. The number of halogens is 5. The van der Waals surface area contributed by atoms with E-state index in [-0.39, 0.29) is 5.41 Å². The Labute approximate surface area is 160 Å². The van der Waals surface area contributed by atoms with Crippen molar-refractivity contribution in [3.8, 4) is 0 Å². The number of alkyl halides is 2. The zero-order valence-electron chi connectivity index (χ0n) is 11.1. The molecule has 2 aromatic rings. The summed E-state index contributed by atoms with van der Waals surface area (Å²) < 4.78 is 1.07. The molecule has 0 fully saturated rings. The molecule has 21 heavy (non-hydrogen) atoms. The van der Waals surface area contributed by atoms with E-state index in [9.17, 15) is 0 Å². The van der Waals surface area contributed by atoms with Gasteiger partial charge in [0.2, 0.25) is 0 Å². The molecule has 0 heterocycles. The fraction of sp³-hybridized carbons (Fsp3) is 0.250. The quantitative estimate of drug-likeness (QED) is 0.375. The summed E-state index contributed by atoms with van der Waals surface area (Å²) in [4.78, 5) is 0. The summed E-state index contributed by atoms with van der Waals surface area (Å²) in [7, 11) is 0. The Balaban J connectivity index is 2.45. The highest BCUT2D eigenvalue weighted by atomic mass is 79.9. The summed E-state index contributed by atoms with van der Waals surface area (Å²) in [6.07, 6.45) is 0.767. The molecule has 0 N–H and O–H groups in total. The van der Waals surface area contributed by atoms with Crippen molar-refractivity contribution >= 4 is 71.0 Å². The van der Waals surface area contributed by atoms with Crippen molar-refractivity contribution in [3.63, 3.8) is 0 Å². The molecular formula is C16H13Br3Cl2. The van der Waals surface area contributed by atoms with Crippen LogP contribution in [0.5, 0.6) is 0 Å². The van der Waals surface area contributed by atoms with Gasteiger partial charge in [0.15, 0.2) is 0 Å². The molecule has 0 aliphatic carbocycles. The molecular weight excluding hydrogens is 503 g/mol. The monoisotopic (exact) mass is 512 g/mol. The van der Waals surface area contributed by atoms with E-state index in [0.717, 1.165) is 27.1 Å². The molecule has 5 heteroatoms. The normalized spacial score (nSPS) is 11.7. The van der Waals surface area contributed by atoms with Crippen LogP contribution in [0.3, 0.4) is 0 Å². The van der Waals surface area contributed by atoms with Crippen LogP contribution in [0.15, 0.2) is 46.9 Å². The van der Waals surface area contributed by atoms with Gasteiger partial charge in [0.1, 0.15) is 0 Å². The third kappa shape index (κ3) is 4.06. The van der Waals surface area contributed by atoms with Crippen LogP contribution in [-0.4, -0.2) is 10.7 Å². The minimum Gasteiger partial charge on any atom is -0.0918 e. The molecule has 0 aromatic heterocycles. The third-order valence-corrected chi connectivity index (χ3v) is 6.93. The third-order valence-electron chi connectivity index (χ3n) is 3.55. The van der Waals surface area contributed by atoms with Crippen LogP contribution >= 0.6 is 71.0 Å². The van der Waals surface area contributed by atoms with Crippen LogP contribution in [0.25, 0.3) is 0 Å². The molecule has 2 rings (SSSR count). The van der Waals surface area contributed by atoms with Gasteiger partial charge in [0.05, 0.1) is 0 Å². The lowest BCUT2D eigenvalue weighted by Gasteiger charge is -2.31. The fourth-order valence-corrected chi connectivity index (χ4v) is 5.00. The van der Waals surface area contributed by atoms with E-state index in [1.54, 1.807) is 0 Å². The lowest BCUT2D eigenvalue weighted by Crippen LogP contribution is -2.33. The standard InChI is InChI=1S/C16H13Br3Cl2/c17-9-16(10-18,11-4-6-12(19)7-5-11)8-13-14(20)2-1-3-15(13)21/h1-7H,8-10H2. The topological polar surface area (TPSA) is 0 Å². The number of hydrogen-bond acceptors (Lipinski definition) is 0. The first-order valence-corrected chi connectivity index (χ1v) is 10.1. The Morgan fingerprint density at radius 2 is 1.38 bits per heavy atom. The van der Waals surface area contributed by atoms with Gasteiger partial charge in [-0.15, -0.1) is 0 Å². The molecule has 2 aromatic carbocycles. The molecule has 0 nitrogen and oxygen atoms in total. The van der Waals surface area contributed by atoms with E-state index in [1.165, 1.54) is 5.56 Å². The van der Waals surface area contributed by atoms with Gasteiger partial charge in [-0.05, 0) is 41.8 Å². The summed E-state index contributed by atoms with van der Waals surface area (Å²) in [5.41, 5.74) is 2.13. The largest absolute Gasteiger partial charge is 0.0918 e. The van der Waals surface area contributed by atoms with Crippen LogP contribution in [-0.2, 0) is 11.8 Å². The Hall–Kier alpha value is 0.460. The SMILES string of the molecule is Clc1cccc(Cl)c1CC(CBr)(CBr)c1ccc(Br)cc1. The predicted molar refractivity (Wildman–Crippen MR) is 104 cm³/mol. The van der Waals surface area contributed by atoms with Gasteiger partial charge in [0, 0.05) is 30.6 Å². The number of benzene rings is 2. The van der Waals surface area contributed by atoms with Crippen LogP contribution in [0.2, 0.25) is 10.0 Å². The van der Waals surface area contributed by atoms with Crippen molar-refractivity contribution < 1.29 is 0 Å². The zero-order valence-corrected chi connectivity index (χ0v) is 17.3. The fourth-order valence-electron chi connectivity index (χ4n) is 2.23. The minimum absolute atomic E-state index is 0.102. The maximum absolute atomic E-state index is 6.34. The molecule has 0 radical (unpaired) electrons. The zero-order chi connectivity index (χ0) is 15.5. The van der Waals surface area contributed by atoms with E-state index in [2.05, 4.69) is 72.1 Å². The highest BCUT2D eigenvalue weighted by Gasteiger charge is 2.32. The van der Waals surface area contributed by atoms with E-state index < -0.39 is 0 Å². The summed E-state index contributed by atoms with van der Waals surface area (Å²) in [6, 6.07) is 14.0. The first kappa shape index (κ1) is 17.8. The molecule has 0 spiro atoms. The van der Waals surface area contributed by atoms with E-state index in [0.29, 0.717) is 10.0 Å². The highest BCUT2D eigenvalue weighted by molar-refractivity contribution is 9.10. The van der Waals surface area contributed by atoms with Crippen molar-refractivity contribution in [2.45, 2.75) is 11.8 Å². The average molecular weight is 516 g/mol. The van der Waals surface area contributed by atoms with Gasteiger partial charge >= 0.3 is 0 Å². The van der Waals surface area contributed by atoms with Gasteiger partial charge in [-0.25, -0.2) is 0 Å². The molecule has 112 valence electrons. The molecule has 0 bridgehead atoms. The van der Waals surface area contributed by atoms with Crippen LogP contribution < -0.4 is 0 Å². The molecule has 0 unspecified atom stereocenters. The Morgan fingerprint density at radius 1 is 0.857 bits per heavy atom. The molecule has 0 amide bonds. The van der Waals surface area contributed by atoms with Gasteiger partial charge in [0.25, 0.3) is 0 Å². The van der Waals surface area contributed by atoms with Crippen molar-refractivity contribution in [2.75, 3.05) is 10.7 Å². The van der Waals surface area contributed by atoms with Gasteiger partial charge < -0.3 is 0 Å². The number of hydrogen-bond donors (Lipinski definition) is 0. The van der Waals surface area contributed by atoms with Crippen molar-refractivity contribution in [1.82, 2.24) is 0 Å². The second-order valence-electron chi connectivity index (χ2n) is 4.93. The van der Waals surface area contributed by atoms with E-state index >= 15 is 0 Å². The smallest absolute Gasteiger partial charge is 0.0453 e. The maximum atomic E-state index is 6.34. The number of rotatable bonds is 5. The van der Waals surface area contributed by atoms with E-state index in [4.69, 9.17) is 23.2 Å². The summed E-state index contributed by atoms with van der Waals surface area (Å²) in [6.45, 7) is 0.